The van der Waals surface area contributed by atoms with Crippen molar-refractivity contribution in [3.05, 3.63) is 18.7 Å². The van der Waals surface area contributed by atoms with Crippen molar-refractivity contribution in [2.24, 2.45) is 7.05 Å². The fourth-order valence-electron chi connectivity index (χ4n) is 1.56. The number of aromatic amines is 1. The molecule has 0 aliphatic carbocycles. The molecule has 0 amide bonds. The van der Waals surface area contributed by atoms with Gasteiger partial charge in [0.05, 0.1) is 18.7 Å². The van der Waals surface area contributed by atoms with Crippen molar-refractivity contribution in [3.63, 3.8) is 0 Å². The van der Waals surface area contributed by atoms with E-state index in [4.69, 9.17) is 4.74 Å². The number of aryl methyl sites for hydroxylation is 1. The quantitative estimate of drug-likeness (QED) is 0.712. The van der Waals surface area contributed by atoms with Crippen molar-refractivity contribution in [2.75, 3.05) is 12.4 Å². The minimum absolute atomic E-state index is 0.412. The smallest absolute Gasteiger partial charge is 0.250 e. The molecule has 3 rings (SSSR count). The fourth-order valence-corrected chi connectivity index (χ4v) is 1.56. The van der Waals surface area contributed by atoms with Crippen molar-refractivity contribution >= 4 is 17.1 Å². The van der Waals surface area contributed by atoms with Gasteiger partial charge in [-0.2, -0.15) is 15.1 Å². The van der Waals surface area contributed by atoms with Crippen LogP contribution in [0.4, 0.5) is 5.95 Å². The number of fused-ring (bicyclic) bond motifs is 1. The fraction of sp³-hybridized carbons (Fsp3) is 0.200. The SMILES string of the molecule is CNc1nc(Oc2cnn(C)c2)c2[nH]cnc2n1. The van der Waals surface area contributed by atoms with Crippen LogP contribution in [0.1, 0.15) is 0 Å². The summed E-state index contributed by atoms with van der Waals surface area (Å²) in [5.74, 6) is 1.47. The summed E-state index contributed by atoms with van der Waals surface area (Å²) in [6.07, 6.45) is 4.92. The number of ether oxygens (including phenoxy) is 1. The first kappa shape index (κ1) is 10.5. The van der Waals surface area contributed by atoms with Gasteiger partial charge in [-0.05, 0) is 0 Å². The van der Waals surface area contributed by atoms with E-state index in [0.29, 0.717) is 28.7 Å². The molecule has 8 nitrogen and oxygen atoms in total. The summed E-state index contributed by atoms with van der Waals surface area (Å²) < 4.78 is 7.32. The molecule has 2 N–H and O–H groups in total. The molecule has 0 bridgehead atoms. The second-order valence-corrected chi connectivity index (χ2v) is 3.66. The van der Waals surface area contributed by atoms with E-state index in [0.717, 1.165) is 0 Å². The number of nitrogens with one attached hydrogen (secondary N) is 2. The van der Waals surface area contributed by atoms with Crippen LogP contribution in [0.25, 0.3) is 11.2 Å². The Morgan fingerprint density at radius 3 is 3.00 bits per heavy atom. The van der Waals surface area contributed by atoms with Gasteiger partial charge in [0.15, 0.2) is 11.4 Å². The highest BCUT2D eigenvalue weighted by Gasteiger charge is 2.12. The zero-order chi connectivity index (χ0) is 12.5. The summed E-state index contributed by atoms with van der Waals surface area (Å²) in [4.78, 5) is 15.5. The van der Waals surface area contributed by atoms with Crippen LogP contribution in [0, 0.1) is 0 Å². The molecule has 0 saturated heterocycles. The van der Waals surface area contributed by atoms with Gasteiger partial charge in [-0.3, -0.25) is 4.68 Å². The molecule has 8 heteroatoms. The van der Waals surface area contributed by atoms with Gasteiger partial charge < -0.3 is 15.0 Å². The van der Waals surface area contributed by atoms with Gasteiger partial charge >= 0.3 is 0 Å². The lowest BCUT2D eigenvalue weighted by Crippen LogP contribution is -1.99. The highest BCUT2D eigenvalue weighted by molar-refractivity contribution is 5.77. The second-order valence-electron chi connectivity index (χ2n) is 3.66. The van der Waals surface area contributed by atoms with Gasteiger partial charge in [-0.15, -0.1) is 0 Å². The Kier molecular flexibility index (Phi) is 2.33. The first-order chi connectivity index (χ1) is 8.76. The Balaban J connectivity index is 2.06. The number of anilines is 1. The monoisotopic (exact) mass is 245 g/mol. The van der Waals surface area contributed by atoms with Crippen molar-refractivity contribution in [1.82, 2.24) is 29.7 Å². The molecular weight excluding hydrogens is 234 g/mol. The molecule has 0 aliphatic rings. The van der Waals surface area contributed by atoms with Crippen LogP contribution in [0.2, 0.25) is 0 Å². The molecule has 3 aromatic heterocycles. The van der Waals surface area contributed by atoms with E-state index in [1.165, 1.54) is 0 Å². The minimum atomic E-state index is 0.412. The predicted octanol–water partition coefficient (Wildman–Crippen LogP) is 0.920. The van der Waals surface area contributed by atoms with Gasteiger partial charge in [0, 0.05) is 14.1 Å². The molecular formula is C10H11N7O. The van der Waals surface area contributed by atoms with Crippen LogP contribution < -0.4 is 10.1 Å². The molecule has 0 aromatic carbocycles. The molecule has 0 aliphatic heterocycles. The van der Waals surface area contributed by atoms with E-state index in [9.17, 15) is 0 Å². The minimum Gasteiger partial charge on any atom is -0.434 e. The number of hydrogen-bond donors (Lipinski definition) is 2. The van der Waals surface area contributed by atoms with Crippen LogP contribution in [-0.4, -0.2) is 36.8 Å². The number of H-pyrrole nitrogens is 1. The normalized spacial score (nSPS) is 10.8. The zero-order valence-corrected chi connectivity index (χ0v) is 9.88. The molecule has 3 heterocycles. The molecule has 0 atom stereocenters. The molecule has 3 aromatic rings. The Morgan fingerprint density at radius 1 is 1.39 bits per heavy atom. The lowest BCUT2D eigenvalue weighted by molar-refractivity contribution is 0.467. The van der Waals surface area contributed by atoms with Crippen LogP contribution in [0.3, 0.4) is 0 Å². The predicted molar refractivity (Wildman–Crippen MR) is 64.5 cm³/mol. The maximum absolute atomic E-state index is 5.67. The van der Waals surface area contributed by atoms with E-state index in [2.05, 4.69) is 30.4 Å². The maximum atomic E-state index is 5.67. The molecule has 0 radical (unpaired) electrons. The summed E-state index contributed by atoms with van der Waals surface area (Å²) in [6.45, 7) is 0. The van der Waals surface area contributed by atoms with Gasteiger partial charge in [-0.1, -0.05) is 0 Å². The third-order valence-electron chi connectivity index (χ3n) is 2.37. The van der Waals surface area contributed by atoms with Crippen LogP contribution >= 0.6 is 0 Å². The largest absolute Gasteiger partial charge is 0.434 e. The number of hydrogen-bond acceptors (Lipinski definition) is 6. The van der Waals surface area contributed by atoms with Gasteiger partial charge in [0.1, 0.15) is 5.52 Å². The standard InChI is InChI=1S/C10H11N7O/c1-11-10-15-8-7(12-5-13-8)9(16-10)18-6-3-14-17(2)4-6/h3-5H,1-2H3,(H2,11,12,13,15,16). The van der Waals surface area contributed by atoms with Gasteiger partial charge in [0.2, 0.25) is 5.95 Å². The zero-order valence-electron chi connectivity index (χ0n) is 9.88. The molecule has 0 fully saturated rings. The first-order valence-electron chi connectivity index (χ1n) is 5.31. The lowest BCUT2D eigenvalue weighted by atomic mass is 10.5. The van der Waals surface area contributed by atoms with Crippen LogP contribution in [-0.2, 0) is 7.05 Å². The number of imidazole rings is 1. The molecule has 0 spiro atoms. The summed E-state index contributed by atoms with van der Waals surface area (Å²) in [5.41, 5.74) is 1.20. The van der Waals surface area contributed by atoms with E-state index >= 15 is 0 Å². The highest BCUT2D eigenvalue weighted by Crippen LogP contribution is 2.25. The summed E-state index contributed by atoms with van der Waals surface area (Å²) in [5, 5.41) is 6.89. The first-order valence-corrected chi connectivity index (χ1v) is 5.31. The van der Waals surface area contributed by atoms with Gasteiger partial charge in [0.25, 0.3) is 5.88 Å². The van der Waals surface area contributed by atoms with Crippen molar-refractivity contribution in [1.29, 1.82) is 0 Å². The third-order valence-corrected chi connectivity index (χ3v) is 2.37. The lowest BCUT2D eigenvalue weighted by Gasteiger charge is -2.04. The summed E-state index contributed by atoms with van der Waals surface area (Å²) in [7, 11) is 3.55. The second kappa shape index (κ2) is 3.99. The van der Waals surface area contributed by atoms with Crippen molar-refractivity contribution < 1.29 is 4.74 Å². The Hall–Kier alpha value is -2.64. The summed E-state index contributed by atoms with van der Waals surface area (Å²) in [6, 6.07) is 0. The van der Waals surface area contributed by atoms with E-state index < -0.39 is 0 Å². The summed E-state index contributed by atoms with van der Waals surface area (Å²) >= 11 is 0. The average molecular weight is 245 g/mol. The Morgan fingerprint density at radius 2 is 2.28 bits per heavy atom. The number of rotatable bonds is 3. The average Bonchev–Trinajstić information content (AvgIpc) is 2.98. The van der Waals surface area contributed by atoms with Crippen molar-refractivity contribution in [2.45, 2.75) is 0 Å². The molecule has 0 unspecified atom stereocenters. The Bertz CT molecular complexity index is 686. The highest BCUT2D eigenvalue weighted by atomic mass is 16.5. The van der Waals surface area contributed by atoms with Crippen molar-refractivity contribution in [3.8, 4) is 11.6 Å². The molecule has 92 valence electrons. The van der Waals surface area contributed by atoms with Crippen LogP contribution in [0.5, 0.6) is 11.6 Å². The van der Waals surface area contributed by atoms with E-state index in [-0.39, 0.29) is 0 Å². The van der Waals surface area contributed by atoms with Crippen LogP contribution in [0.15, 0.2) is 18.7 Å². The molecule has 18 heavy (non-hydrogen) atoms. The van der Waals surface area contributed by atoms with Gasteiger partial charge in [-0.25, -0.2) is 4.98 Å². The number of nitrogens with zero attached hydrogens (tertiary/aromatic N) is 5. The third kappa shape index (κ3) is 1.73. The molecule has 0 saturated carbocycles. The number of aromatic nitrogens is 6. The maximum Gasteiger partial charge on any atom is 0.250 e. The van der Waals surface area contributed by atoms with E-state index in [1.807, 2.05) is 7.05 Å². The topological polar surface area (TPSA) is 93.5 Å². The van der Waals surface area contributed by atoms with E-state index in [1.54, 1.807) is 30.5 Å². The Labute approximate surface area is 102 Å².